The highest BCUT2D eigenvalue weighted by Crippen LogP contribution is 2.48. The van der Waals surface area contributed by atoms with Gasteiger partial charge in [0.1, 0.15) is 0 Å². The van der Waals surface area contributed by atoms with E-state index in [4.69, 9.17) is 9.05 Å². The van der Waals surface area contributed by atoms with Gasteiger partial charge in [-0.2, -0.15) is 0 Å². The average Bonchev–Trinajstić information content (AvgIpc) is 2.70. The number of carboxylic acids is 1. The first kappa shape index (κ1) is 23.8. The first-order valence-corrected chi connectivity index (χ1v) is 11.7. The summed E-state index contributed by atoms with van der Waals surface area (Å²) in [6, 6.07) is 14.0. The summed E-state index contributed by atoms with van der Waals surface area (Å²) in [6.07, 6.45) is 1.25. The second kappa shape index (κ2) is 11.6. The van der Waals surface area contributed by atoms with Gasteiger partial charge in [0, 0.05) is 11.3 Å². The molecule has 2 aromatic rings. The fourth-order valence-corrected chi connectivity index (χ4v) is 4.70. The van der Waals surface area contributed by atoms with Crippen LogP contribution in [0.4, 0.5) is 5.69 Å². The van der Waals surface area contributed by atoms with Crippen LogP contribution < -0.4 is 5.32 Å². The van der Waals surface area contributed by atoms with Crippen molar-refractivity contribution >= 4 is 25.2 Å². The maximum Gasteiger partial charge on any atom is 0.330 e. The van der Waals surface area contributed by atoms with Crippen LogP contribution in [0.25, 0.3) is 0 Å². The van der Waals surface area contributed by atoms with Gasteiger partial charge in [0.15, 0.2) is 0 Å². The molecule has 0 unspecified atom stereocenters. The summed E-state index contributed by atoms with van der Waals surface area (Å²) in [5, 5.41) is 12.0. The fourth-order valence-electron chi connectivity index (χ4n) is 3.03. The van der Waals surface area contributed by atoms with E-state index in [-0.39, 0.29) is 18.5 Å². The van der Waals surface area contributed by atoms with Crippen molar-refractivity contribution in [1.82, 2.24) is 0 Å². The number of aryl methyl sites for hydroxylation is 1. The maximum absolute atomic E-state index is 12.6. The van der Waals surface area contributed by atoms with E-state index in [1.165, 1.54) is 0 Å². The minimum Gasteiger partial charge on any atom is -0.481 e. The maximum atomic E-state index is 12.6. The van der Waals surface area contributed by atoms with Crippen molar-refractivity contribution < 1.29 is 28.3 Å². The number of aliphatic carboxylic acids is 1. The molecule has 0 radical (unpaired) electrons. The Balaban J connectivity index is 2.13. The zero-order valence-corrected chi connectivity index (χ0v) is 18.2. The first-order valence-electron chi connectivity index (χ1n) is 9.95. The second-order valence-electron chi connectivity index (χ2n) is 6.66. The Kier molecular flexibility index (Phi) is 9.24. The van der Waals surface area contributed by atoms with Gasteiger partial charge >= 0.3 is 13.6 Å². The van der Waals surface area contributed by atoms with E-state index in [0.29, 0.717) is 42.9 Å². The number of hydrogen-bond acceptors (Lipinski definition) is 5. The number of carbonyl (C=O) groups is 2. The van der Waals surface area contributed by atoms with Crippen LogP contribution in [0.3, 0.4) is 0 Å². The number of rotatable bonds is 12. The summed E-state index contributed by atoms with van der Waals surface area (Å²) in [7, 11) is -3.11. The van der Waals surface area contributed by atoms with Gasteiger partial charge in [-0.25, -0.2) is 0 Å². The van der Waals surface area contributed by atoms with E-state index in [1.54, 1.807) is 50.2 Å². The van der Waals surface area contributed by atoms with Gasteiger partial charge < -0.3 is 19.5 Å². The number of carboxylic acid groups (broad SMARTS) is 1. The van der Waals surface area contributed by atoms with Gasteiger partial charge in [-0.3, -0.25) is 14.2 Å². The van der Waals surface area contributed by atoms with E-state index >= 15 is 0 Å². The molecule has 0 aliphatic heterocycles. The van der Waals surface area contributed by atoms with Crippen LogP contribution in [-0.2, 0) is 31.2 Å². The molecule has 8 heteroatoms. The molecule has 0 fully saturated rings. The van der Waals surface area contributed by atoms with Crippen LogP contribution >= 0.6 is 7.60 Å². The van der Waals surface area contributed by atoms with Crippen molar-refractivity contribution in [2.45, 2.75) is 33.1 Å². The lowest BCUT2D eigenvalue weighted by Gasteiger charge is -2.17. The smallest absolute Gasteiger partial charge is 0.330 e. The van der Waals surface area contributed by atoms with Gasteiger partial charge in [0.2, 0.25) is 0 Å². The Morgan fingerprint density at radius 2 is 1.70 bits per heavy atom. The van der Waals surface area contributed by atoms with Crippen molar-refractivity contribution in [2.24, 2.45) is 0 Å². The topological polar surface area (TPSA) is 102 Å². The van der Waals surface area contributed by atoms with Crippen molar-refractivity contribution in [1.29, 1.82) is 0 Å². The van der Waals surface area contributed by atoms with Gasteiger partial charge in [0.05, 0.1) is 25.8 Å². The van der Waals surface area contributed by atoms with Gasteiger partial charge in [-0.05, 0) is 56.0 Å². The molecule has 0 atom stereocenters. The van der Waals surface area contributed by atoms with E-state index in [0.717, 1.165) is 5.56 Å². The lowest BCUT2D eigenvalue weighted by molar-refractivity contribution is -0.136. The molecule has 7 nitrogen and oxygen atoms in total. The highest BCUT2D eigenvalue weighted by molar-refractivity contribution is 7.53. The number of nitrogens with one attached hydrogen (secondary N) is 1. The van der Waals surface area contributed by atoms with Crippen LogP contribution in [0.5, 0.6) is 0 Å². The molecular weight excluding hydrogens is 405 g/mol. The third-order valence-electron chi connectivity index (χ3n) is 4.35. The van der Waals surface area contributed by atoms with E-state index in [9.17, 15) is 19.3 Å². The molecule has 0 saturated heterocycles. The minimum atomic E-state index is -3.11. The van der Waals surface area contributed by atoms with Crippen LogP contribution in [0, 0.1) is 0 Å². The Labute approximate surface area is 176 Å². The highest BCUT2D eigenvalue weighted by atomic mass is 31.2. The molecule has 0 aromatic heterocycles. The van der Waals surface area contributed by atoms with E-state index in [1.807, 2.05) is 12.1 Å². The molecule has 0 aliphatic rings. The SMILES string of the molecule is CCOP(=O)(CCCc1ccc(CC(=O)O)c(NC(=O)c2ccccc2)c1)OCC. The molecule has 30 heavy (non-hydrogen) atoms. The first-order chi connectivity index (χ1) is 14.4. The standard InChI is InChI=1S/C22H28NO6P/c1-3-28-30(27,29-4-2)14-8-9-17-12-13-19(16-21(24)25)20(15-17)23-22(26)18-10-6-5-7-11-18/h5-7,10-13,15H,3-4,8-9,14,16H2,1-2H3,(H,23,26)(H,24,25). The molecule has 2 N–H and O–H groups in total. The lowest BCUT2D eigenvalue weighted by Crippen LogP contribution is -2.14. The Bertz CT molecular complexity index is 890. The van der Waals surface area contributed by atoms with Crippen LogP contribution in [0.15, 0.2) is 48.5 Å². The molecule has 0 spiro atoms. The van der Waals surface area contributed by atoms with Crippen molar-refractivity contribution in [3.05, 3.63) is 65.2 Å². The third-order valence-corrected chi connectivity index (χ3v) is 6.52. The van der Waals surface area contributed by atoms with Crippen LogP contribution in [0.1, 0.15) is 41.8 Å². The summed E-state index contributed by atoms with van der Waals surface area (Å²) in [5.41, 5.74) is 2.36. The number of benzene rings is 2. The zero-order chi connectivity index (χ0) is 22.0. The summed E-state index contributed by atoms with van der Waals surface area (Å²) < 4.78 is 23.2. The predicted octanol–water partition coefficient (Wildman–Crippen LogP) is 4.76. The van der Waals surface area contributed by atoms with Gasteiger partial charge in [-0.15, -0.1) is 0 Å². The van der Waals surface area contributed by atoms with Gasteiger partial charge in [0.25, 0.3) is 5.91 Å². The molecule has 0 heterocycles. The van der Waals surface area contributed by atoms with Crippen molar-refractivity contribution in [3.63, 3.8) is 0 Å². The zero-order valence-electron chi connectivity index (χ0n) is 17.3. The van der Waals surface area contributed by atoms with Gasteiger partial charge in [-0.1, -0.05) is 30.3 Å². The van der Waals surface area contributed by atoms with Crippen LogP contribution in [-0.4, -0.2) is 36.4 Å². The Morgan fingerprint density at radius 1 is 1.03 bits per heavy atom. The molecule has 2 aromatic carbocycles. The Morgan fingerprint density at radius 3 is 2.30 bits per heavy atom. The largest absolute Gasteiger partial charge is 0.481 e. The normalized spacial score (nSPS) is 11.3. The average molecular weight is 433 g/mol. The molecule has 1 amide bonds. The third kappa shape index (κ3) is 7.41. The molecule has 0 bridgehead atoms. The summed E-state index contributed by atoms with van der Waals surface area (Å²) >= 11 is 0. The molecular formula is C22H28NO6P. The monoisotopic (exact) mass is 433 g/mol. The summed E-state index contributed by atoms with van der Waals surface area (Å²) in [4.78, 5) is 23.7. The number of amides is 1. The second-order valence-corrected chi connectivity index (χ2v) is 8.84. The summed E-state index contributed by atoms with van der Waals surface area (Å²) in [6.45, 7) is 4.18. The lowest BCUT2D eigenvalue weighted by atomic mass is 10.0. The summed E-state index contributed by atoms with van der Waals surface area (Å²) in [5.74, 6) is -1.29. The van der Waals surface area contributed by atoms with E-state index in [2.05, 4.69) is 5.32 Å². The quantitative estimate of drug-likeness (QED) is 0.468. The van der Waals surface area contributed by atoms with Crippen LogP contribution in [0.2, 0.25) is 0 Å². The molecule has 2 rings (SSSR count). The molecule has 162 valence electrons. The molecule has 0 aliphatic carbocycles. The number of hydrogen-bond donors (Lipinski definition) is 2. The predicted molar refractivity (Wildman–Crippen MR) is 116 cm³/mol. The fraction of sp³-hybridized carbons (Fsp3) is 0.364. The van der Waals surface area contributed by atoms with Crippen molar-refractivity contribution in [2.75, 3.05) is 24.7 Å². The minimum absolute atomic E-state index is 0.200. The Hall–Kier alpha value is -2.47. The number of anilines is 1. The number of carbonyl (C=O) groups excluding carboxylic acids is 1. The highest BCUT2D eigenvalue weighted by Gasteiger charge is 2.22. The van der Waals surface area contributed by atoms with E-state index < -0.39 is 13.6 Å². The van der Waals surface area contributed by atoms with Crippen molar-refractivity contribution in [3.8, 4) is 0 Å². The molecule has 0 saturated carbocycles.